The zero-order valence-corrected chi connectivity index (χ0v) is 6.94. The van der Waals surface area contributed by atoms with Crippen LogP contribution in [0, 0.1) is 5.82 Å². The van der Waals surface area contributed by atoms with Crippen molar-refractivity contribution in [2.45, 2.75) is 12.3 Å². The third-order valence-corrected chi connectivity index (χ3v) is 2.00. The Morgan fingerprint density at radius 1 is 1.29 bits per heavy atom. The highest BCUT2D eigenvalue weighted by Gasteiger charge is 2.38. The summed E-state index contributed by atoms with van der Waals surface area (Å²) < 4.78 is 54.6. The fourth-order valence-corrected chi connectivity index (χ4v) is 1.29. The number of benzene rings is 1. The van der Waals surface area contributed by atoms with Crippen LogP contribution in [0.25, 0.3) is 0 Å². The number of rotatable bonds is 1. The van der Waals surface area contributed by atoms with Gasteiger partial charge in [0.1, 0.15) is 11.9 Å². The van der Waals surface area contributed by atoms with E-state index in [4.69, 9.17) is 4.74 Å². The molecule has 5 heteroatoms. The Balaban J connectivity index is 2.47. The largest absolute Gasteiger partial charge is 0.416 e. The Morgan fingerprint density at radius 3 is 2.43 bits per heavy atom. The van der Waals surface area contributed by atoms with Gasteiger partial charge < -0.3 is 4.74 Å². The summed E-state index contributed by atoms with van der Waals surface area (Å²) >= 11 is 0. The average molecular weight is 206 g/mol. The summed E-state index contributed by atoms with van der Waals surface area (Å²) in [5, 5.41) is 0. The molecule has 0 N–H and O–H groups in total. The fraction of sp³-hybridized carbons (Fsp3) is 0.333. The minimum Gasteiger partial charge on any atom is -0.368 e. The van der Waals surface area contributed by atoms with E-state index in [9.17, 15) is 17.6 Å². The molecule has 1 saturated heterocycles. The maximum absolute atomic E-state index is 12.7. The predicted molar refractivity (Wildman–Crippen MR) is 40.1 cm³/mol. The molecule has 0 amide bonds. The van der Waals surface area contributed by atoms with Crippen molar-refractivity contribution >= 4 is 0 Å². The second-order valence-electron chi connectivity index (χ2n) is 3.05. The molecule has 14 heavy (non-hydrogen) atoms. The third-order valence-electron chi connectivity index (χ3n) is 2.00. The Morgan fingerprint density at radius 2 is 1.93 bits per heavy atom. The maximum atomic E-state index is 12.7. The summed E-state index contributed by atoms with van der Waals surface area (Å²) in [5.41, 5.74) is -0.932. The van der Waals surface area contributed by atoms with Gasteiger partial charge in [-0.1, -0.05) is 0 Å². The van der Waals surface area contributed by atoms with Gasteiger partial charge in [0.15, 0.2) is 0 Å². The van der Waals surface area contributed by atoms with Gasteiger partial charge in [0.05, 0.1) is 12.2 Å². The van der Waals surface area contributed by atoms with Crippen molar-refractivity contribution in [1.82, 2.24) is 0 Å². The quantitative estimate of drug-likeness (QED) is 0.508. The molecule has 1 atom stereocenters. The van der Waals surface area contributed by atoms with E-state index in [0.717, 1.165) is 18.2 Å². The SMILES string of the molecule is Fc1ccc(C(F)(F)F)c(C2CO2)c1. The van der Waals surface area contributed by atoms with Gasteiger partial charge in [0.25, 0.3) is 0 Å². The van der Waals surface area contributed by atoms with Crippen LogP contribution in [0.3, 0.4) is 0 Å². The zero-order chi connectivity index (χ0) is 10.3. The van der Waals surface area contributed by atoms with Crippen molar-refractivity contribution in [2.24, 2.45) is 0 Å². The first-order valence-corrected chi connectivity index (χ1v) is 3.97. The Hall–Kier alpha value is -1.10. The molecule has 76 valence electrons. The van der Waals surface area contributed by atoms with Gasteiger partial charge >= 0.3 is 6.18 Å². The first-order chi connectivity index (χ1) is 6.48. The topological polar surface area (TPSA) is 12.5 Å². The van der Waals surface area contributed by atoms with Crippen molar-refractivity contribution in [2.75, 3.05) is 6.61 Å². The molecule has 1 aliphatic rings. The van der Waals surface area contributed by atoms with E-state index in [0.29, 0.717) is 0 Å². The number of ether oxygens (including phenoxy) is 1. The smallest absolute Gasteiger partial charge is 0.368 e. The second-order valence-corrected chi connectivity index (χ2v) is 3.05. The molecular weight excluding hydrogens is 200 g/mol. The van der Waals surface area contributed by atoms with Crippen molar-refractivity contribution in [3.8, 4) is 0 Å². The van der Waals surface area contributed by atoms with Crippen molar-refractivity contribution < 1.29 is 22.3 Å². The predicted octanol–water partition coefficient (Wildman–Crippen LogP) is 2.92. The molecule has 1 nitrogen and oxygen atoms in total. The normalized spacial score (nSPS) is 21.0. The molecular formula is C9H6F4O. The highest BCUT2D eigenvalue weighted by molar-refractivity contribution is 5.33. The van der Waals surface area contributed by atoms with E-state index in [1.165, 1.54) is 0 Å². The average Bonchev–Trinajstić information content (AvgIpc) is 2.83. The lowest BCUT2D eigenvalue weighted by Gasteiger charge is -2.10. The van der Waals surface area contributed by atoms with Gasteiger partial charge in [-0.05, 0) is 23.8 Å². The third kappa shape index (κ3) is 1.72. The van der Waals surface area contributed by atoms with Gasteiger partial charge in [-0.3, -0.25) is 0 Å². The summed E-state index contributed by atoms with van der Waals surface area (Å²) in [5.74, 6) is -0.677. The van der Waals surface area contributed by atoms with Crippen LogP contribution >= 0.6 is 0 Å². The molecule has 1 unspecified atom stereocenters. The highest BCUT2D eigenvalue weighted by atomic mass is 19.4. The van der Waals surface area contributed by atoms with Crippen molar-refractivity contribution in [3.63, 3.8) is 0 Å². The molecule has 0 bridgehead atoms. The van der Waals surface area contributed by atoms with Gasteiger partial charge in [-0.15, -0.1) is 0 Å². The lowest BCUT2D eigenvalue weighted by Crippen LogP contribution is -2.09. The van der Waals surface area contributed by atoms with E-state index < -0.39 is 23.7 Å². The lowest BCUT2D eigenvalue weighted by atomic mass is 10.0. The Labute approximate surface area is 77.3 Å². The van der Waals surface area contributed by atoms with Crippen LogP contribution in [-0.4, -0.2) is 6.61 Å². The van der Waals surface area contributed by atoms with Crippen LogP contribution in [0.2, 0.25) is 0 Å². The maximum Gasteiger partial charge on any atom is 0.416 e. The number of halogens is 4. The number of hydrogen-bond acceptors (Lipinski definition) is 1. The fourth-order valence-electron chi connectivity index (χ4n) is 1.29. The molecule has 1 aromatic carbocycles. The summed E-state index contributed by atoms with van der Waals surface area (Å²) in [6, 6.07) is 2.42. The van der Waals surface area contributed by atoms with Crippen LogP contribution < -0.4 is 0 Å². The van der Waals surface area contributed by atoms with Crippen LogP contribution in [0.4, 0.5) is 17.6 Å². The van der Waals surface area contributed by atoms with E-state index in [-0.39, 0.29) is 12.2 Å². The first kappa shape index (κ1) is 9.45. The molecule has 0 aliphatic carbocycles. The minimum atomic E-state index is -4.45. The van der Waals surface area contributed by atoms with Crippen molar-refractivity contribution in [3.05, 3.63) is 35.1 Å². The summed E-state index contributed by atoms with van der Waals surface area (Å²) in [4.78, 5) is 0. The molecule has 0 radical (unpaired) electrons. The van der Waals surface area contributed by atoms with E-state index in [2.05, 4.69) is 0 Å². The van der Waals surface area contributed by atoms with Crippen LogP contribution in [0.5, 0.6) is 0 Å². The van der Waals surface area contributed by atoms with Gasteiger partial charge in [0.2, 0.25) is 0 Å². The number of epoxide rings is 1. The first-order valence-electron chi connectivity index (χ1n) is 3.97. The molecule has 0 saturated carbocycles. The molecule has 1 fully saturated rings. The molecule has 0 spiro atoms. The van der Waals surface area contributed by atoms with E-state index in [1.807, 2.05) is 0 Å². The molecule has 1 aromatic rings. The van der Waals surface area contributed by atoms with Gasteiger partial charge in [-0.2, -0.15) is 13.2 Å². The molecule has 2 rings (SSSR count). The summed E-state index contributed by atoms with van der Waals surface area (Å²) in [7, 11) is 0. The molecule has 1 aliphatic heterocycles. The second kappa shape index (κ2) is 2.95. The van der Waals surface area contributed by atoms with Gasteiger partial charge in [0, 0.05) is 0 Å². The Kier molecular flexibility index (Phi) is 1.99. The monoisotopic (exact) mass is 206 g/mol. The summed E-state index contributed by atoms with van der Waals surface area (Å²) in [6.07, 6.45) is -5.04. The Bertz CT molecular complexity index is 354. The van der Waals surface area contributed by atoms with E-state index in [1.54, 1.807) is 0 Å². The highest BCUT2D eigenvalue weighted by Crippen LogP contribution is 2.40. The van der Waals surface area contributed by atoms with Crippen LogP contribution in [0.15, 0.2) is 18.2 Å². The number of alkyl halides is 3. The minimum absolute atomic E-state index is 0.113. The van der Waals surface area contributed by atoms with Crippen molar-refractivity contribution in [1.29, 1.82) is 0 Å². The standard InChI is InChI=1S/C9H6F4O/c10-5-1-2-7(9(11,12)13)6(3-5)8-4-14-8/h1-3,8H,4H2. The molecule has 1 heterocycles. The lowest BCUT2D eigenvalue weighted by molar-refractivity contribution is -0.138. The molecule has 0 aromatic heterocycles. The number of hydrogen-bond donors (Lipinski definition) is 0. The van der Waals surface area contributed by atoms with Crippen LogP contribution in [0.1, 0.15) is 17.2 Å². The zero-order valence-electron chi connectivity index (χ0n) is 6.94. The summed E-state index contributed by atoms with van der Waals surface area (Å²) in [6.45, 7) is 0.229. The van der Waals surface area contributed by atoms with Crippen LogP contribution in [-0.2, 0) is 10.9 Å². The van der Waals surface area contributed by atoms with Gasteiger partial charge in [-0.25, -0.2) is 4.39 Å². The van der Waals surface area contributed by atoms with E-state index >= 15 is 0 Å².